The molecule has 0 radical (unpaired) electrons. The lowest BCUT2D eigenvalue weighted by atomic mass is 9.84. The van der Waals surface area contributed by atoms with Crippen molar-refractivity contribution in [3.63, 3.8) is 0 Å². The predicted octanol–water partition coefficient (Wildman–Crippen LogP) is 3.50. The average molecular weight is 280 g/mol. The highest BCUT2D eigenvalue weighted by molar-refractivity contribution is 5.95. The smallest absolute Gasteiger partial charge is 0.272 e. The molecule has 1 saturated carbocycles. The molecule has 2 bridgehead atoms. The number of pyridine rings is 1. The summed E-state index contributed by atoms with van der Waals surface area (Å²) in [5.74, 6) is 1.51. The van der Waals surface area contributed by atoms with E-state index in [0.717, 1.165) is 24.0 Å². The molecule has 3 fully saturated rings. The van der Waals surface area contributed by atoms with Gasteiger partial charge in [0.1, 0.15) is 5.69 Å². The summed E-state index contributed by atoms with van der Waals surface area (Å²) >= 11 is 0. The van der Waals surface area contributed by atoms with Crippen molar-refractivity contribution in [3.05, 3.63) is 42.1 Å². The molecule has 2 aromatic rings. The lowest BCUT2D eigenvalue weighted by Crippen LogP contribution is -2.35. The van der Waals surface area contributed by atoms with Crippen LogP contribution in [0.3, 0.4) is 0 Å². The molecule has 0 atom stereocenters. The van der Waals surface area contributed by atoms with Gasteiger partial charge in [0.05, 0.1) is 5.52 Å². The normalized spacial score (nSPS) is 25.0. The van der Waals surface area contributed by atoms with Crippen LogP contribution in [-0.2, 0) is 0 Å². The molecule has 2 saturated heterocycles. The molecule has 3 heterocycles. The Morgan fingerprint density at radius 3 is 2.33 bits per heavy atom. The number of amides is 1. The van der Waals surface area contributed by atoms with Gasteiger partial charge < -0.3 is 4.90 Å². The average Bonchev–Trinajstić information content (AvgIpc) is 2.87. The standard InChI is InChI=1S/C18H20N2O/c21-18(20-11-13-5-6-14(12-20)8-7-13)17-10-9-15-3-1-2-4-16(15)19-17/h1-4,9-10,13-14H,5-8,11-12H2. The van der Waals surface area contributed by atoms with Crippen molar-refractivity contribution in [2.45, 2.75) is 25.7 Å². The second-order valence-corrected chi connectivity index (χ2v) is 6.49. The summed E-state index contributed by atoms with van der Waals surface area (Å²) in [6.07, 6.45) is 5.17. The number of rotatable bonds is 1. The minimum absolute atomic E-state index is 0.111. The molecule has 108 valence electrons. The zero-order valence-electron chi connectivity index (χ0n) is 12.2. The molecular formula is C18H20N2O. The van der Waals surface area contributed by atoms with Crippen molar-refractivity contribution in [2.75, 3.05) is 13.1 Å². The first-order valence-electron chi connectivity index (χ1n) is 7.94. The predicted molar refractivity (Wildman–Crippen MR) is 83.1 cm³/mol. The van der Waals surface area contributed by atoms with Crippen LogP contribution in [-0.4, -0.2) is 28.9 Å². The topological polar surface area (TPSA) is 33.2 Å². The summed E-state index contributed by atoms with van der Waals surface area (Å²) in [5.41, 5.74) is 1.50. The first-order chi connectivity index (χ1) is 10.3. The monoisotopic (exact) mass is 280 g/mol. The van der Waals surface area contributed by atoms with E-state index in [-0.39, 0.29) is 5.91 Å². The van der Waals surface area contributed by atoms with Crippen LogP contribution in [0, 0.1) is 11.8 Å². The van der Waals surface area contributed by atoms with Gasteiger partial charge in [-0.1, -0.05) is 24.3 Å². The van der Waals surface area contributed by atoms with Crippen molar-refractivity contribution in [3.8, 4) is 0 Å². The molecule has 21 heavy (non-hydrogen) atoms. The van der Waals surface area contributed by atoms with Crippen LogP contribution in [0.1, 0.15) is 36.2 Å². The Labute approximate surface area is 125 Å². The molecule has 1 amide bonds. The van der Waals surface area contributed by atoms with Crippen LogP contribution in [0.2, 0.25) is 0 Å². The molecule has 1 aromatic heterocycles. The summed E-state index contributed by atoms with van der Waals surface area (Å²) in [6.45, 7) is 1.84. The van der Waals surface area contributed by atoms with E-state index in [0.29, 0.717) is 17.5 Å². The lowest BCUT2D eigenvalue weighted by Gasteiger charge is -2.22. The van der Waals surface area contributed by atoms with Gasteiger partial charge in [-0.05, 0) is 49.7 Å². The zero-order chi connectivity index (χ0) is 14.2. The van der Waals surface area contributed by atoms with E-state index in [1.54, 1.807) is 0 Å². The van der Waals surface area contributed by atoms with Gasteiger partial charge in [-0.25, -0.2) is 4.98 Å². The van der Waals surface area contributed by atoms with E-state index < -0.39 is 0 Å². The summed E-state index contributed by atoms with van der Waals surface area (Å²) < 4.78 is 0. The summed E-state index contributed by atoms with van der Waals surface area (Å²) in [6, 6.07) is 11.8. The number of fused-ring (bicyclic) bond motifs is 5. The largest absolute Gasteiger partial charge is 0.337 e. The summed E-state index contributed by atoms with van der Waals surface area (Å²) in [5, 5.41) is 1.09. The van der Waals surface area contributed by atoms with Crippen LogP contribution in [0.25, 0.3) is 10.9 Å². The third kappa shape index (κ3) is 2.41. The number of hydrogen-bond acceptors (Lipinski definition) is 2. The first kappa shape index (κ1) is 12.8. The maximum atomic E-state index is 12.8. The Kier molecular flexibility index (Phi) is 3.13. The number of benzene rings is 1. The molecule has 2 aliphatic heterocycles. The SMILES string of the molecule is O=C(c1ccc2ccccc2n1)N1CC2CCC(CC2)C1. The van der Waals surface area contributed by atoms with Gasteiger partial charge in [-0.15, -0.1) is 0 Å². The second kappa shape index (κ2) is 5.14. The van der Waals surface area contributed by atoms with E-state index in [1.807, 2.05) is 41.3 Å². The third-order valence-electron chi connectivity index (χ3n) is 5.03. The molecule has 3 aliphatic rings. The van der Waals surface area contributed by atoms with Gasteiger partial charge >= 0.3 is 0 Å². The van der Waals surface area contributed by atoms with Crippen LogP contribution >= 0.6 is 0 Å². The van der Waals surface area contributed by atoms with E-state index in [2.05, 4.69) is 4.98 Å². The number of carbonyl (C=O) groups is 1. The molecule has 0 unspecified atom stereocenters. The van der Waals surface area contributed by atoms with Gasteiger partial charge in [0.2, 0.25) is 0 Å². The number of aromatic nitrogens is 1. The van der Waals surface area contributed by atoms with E-state index in [4.69, 9.17) is 0 Å². The summed E-state index contributed by atoms with van der Waals surface area (Å²) in [7, 11) is 0. The molecule has 0 N–H and O–H groups in total. The maximum absolute atomic E-state index is 12.8. The Bertz CT molecular complexity index is 660. The quantitative estimate of drug-likeness (QED) is 0.801. The van der Waals surface area contributed by atoms with Gasteiger partial charge in [0.25, 0.3) is 5.91 Å². The fraction of sp³-hybridized carbons (Fsp3) is 0.444. The third-order valence-corrected chi connectivity index (χ3v) is 5.03. The molecule has 3 nitrogen and oxygen atoms in total. The van der Waals surface area contributed by atoms with Crippen LogP contribution in [0.5, 0.6) is 0 Å². The lowest BCUT2D eigenvalue weighted by molar-refractivity contribution is 0.0734. The number of carbonyl (C=O) groups excluding carboxylic acids is 1. The highest BCUT2D eigenvalue weighted by Gasteiger charge is 2.32. The van der Waals surface area contributed by atoms with Gasteiger partial charge in [-0.2, -0.15) is 0 Å². The van der Waals surface area contributed by atoms with Crippen molar-refractivity contribution < 1.29 is 4.79 Å². The van der Waals surface area contributed by atoms with Crippen LogP contribution in [0.15, 0.2) is 36.4 Å². The van der Waals surface area contributed by atoms with E-state index in [9.17, 15) is 4.79 Å². The molecule has 5 rings (SSSR count). The number of para-hydroxylation sites is 1. The van der Waals surface area contributed by atoms with Crippen molar-refractivity contribution in [1.29, 1.82) is 0 Å². The van der Waals surface area contributed by atoms with Crippen molar-refractivity contribution >= 4 is 16.8 Å². The molecule has 3 heteroatoms. The van der Waals surface area contributed by atoms with E-state index >= 15 is 0 Å². The minimum atomic E-state index is 0.111. The summed E-state index contributed by atoms with van der Waals surface area (Å²) in [4.78, 5) is 19.4. The van der Waals surface area contributed by atoms with Gasteiger partial charge in [0.15, 0.2) is 0 Å². The Hall–Kier alpha value is -1.90. The van der Waals surface area contributed by atoms with Crippen molar-refractivity contribution in [1.82, 2.24) is 9.88 Å². The van der Waals surface area contributed by atoms with Crippen LogP contribution in [0.4, 0.5) is 0 Å². The maximum Gasteiger partial charge on any atom is 0.272 e. The van der Waals surface area contributed by atoms with Gasteiger partial charge in [-0.3, -0.25) is 4.79 Å². The number of hydrogen-bond donors (Lipinski definition) is 0. The second-order valence-electron chi connectivity index (χ2n) is 6.49. The Balaban J connectivity index is 1.63. The molecule has 1 aliphatic carbocycles. The van der Waals surface area contributed by atoms with E-state index in [1.165, 1.54) is 25.7 Å². The number of nitrogens with zero attached hydrogens (tertiary/aromatic N) is 2. The first-order valence-corrected chi connectivity index (χ1v) is 7.94. The Morgan fingerprint density at radius 1 is 0.952 bits per heavy atom. The molecular weight excluding hydrogens is 260 g/mol. The molecule has 1 aromatic carbocycles. The Morgan fingerprint density at radius 2 is 1.62 bits per heavy atom. The minimum Gasteiger partial charge on any atom is -0.337 e. The van der Waals surface area contributed by atoms with Crippen molar-refractivity contribution in [2.24, 2.45) is 11.8 Å². The fourth-order valence-corrected chi connectivity index (χ4v) is 3.81. The van der Waals surface area contributed by atoms with Crippen LogP contribution < -0.4 is 0 Å². The zero-order valence-corrected chi connectivity index (χ0v) is 12.2. The highest BCUT2D eigenvalue weighted by Crippen LogP contribution is 2.34. The fourth-order valence-electron chi connectivity index (χ4n) is 3.81. The van der Waals surface area contributed by atoms with Gasteiger partial charge in [0, 0.05) is 18.5 Å². The molecule has 0 spiro atoms. The highest BCUT2D eigenvalue weighted by atomic mass is 16.2.